The van der Waals surface area contributed by atoms with Gasteiger partial charge in [-0.25, -0.2) is 9.59 Å². The van der Waals surface area contributed by atoms with Crippen LogP contribution in [0.2, 0.25) is 0 Å². The molecule has 7 nitrogen and oxygen atoms in total. The first-order valence-electron chi connectivity index (χ1n) is 9.15. The van der Waals surface area contributed by atoms with Crippen molar-refractivity contribution >= 4 is 27.9 Å². The van der Waals surface area contributed by atoms with Crippen molar-refractivity contribution in [3.05, 3.63) is 64.1 Å². The Kier molecular flexibility index (Phi) is 9.11. The molecule has 0 amide bonds. The van der Waals surface area contributed by atoms with Gasteiger partial charge in [0.15, 0.2) is 0 Å². The van der Waals surface area contributed by atoms with E-state index in [9.17, 15) is 0 Å². The first-order chi connectivity index (χ1) is 13.9. The van der Waals surface area contributed by atoms with E-state index in [-0.39, 0.29) is 0 Å². The average Bonchev–Trinajstić information content (AvgIpc) is 2.70. The summed E-state index contributed by atoms with van der Waals surface area (Å²) in [5.41, 5.74) is 2.70. The van der Waals surface area contributed by atoms with Gasteiger partial charge in [0.05, 0.1) is 7.11 Å². The van der Waals surface area contributed by atoms with Crippen LogP contribution in [0.25, 0.3) is 0 Å². The Morgan fingerprint density at radius 1 is 0.897 bits per heavy atom. The number of carboxylic acid groups (broad SMARTS) is 2. The highest BCUT2D eigenvalue weighted by molar-refractivity contribution is 9.10. The lowest BCUT2D eigenvalue weighted by Gasteiger charge is -2.34. The number of piperazine rings is 1. The molecule has 2 aromatic rings. The van der Waals surface area contributed by atoms with E-state index >= 15 is 0 Å². The van der Waals surface area contributed by atoms with Crippen LogP contribution in [-0.4, -0.2) is 65.2 Å². The molecule has 0 atom stereocenters. The molecular weight excluding hydrogens is 440 g/mol. The molecule has 156 valence electrons. The first kappa shape index (κ1) is 22.9. The Labute approximate surface area is 178 Å². The summed E-state index contributed by atoms with van der Waals surface area (Å²) in [6, 6.07) is 17.0. The van der Waals surface area contributed by atoms with Crippen molar-refractivity contribution in [2.45, 2.75) is 13.1 Å². The molecule has 0 aromatic heterocycles. The second-order valence-electron chi connectivity index (χ2n) is 6.64. The Balaban J connectivity index is 0.000000438. The van der Waals surface area contributed by atoms with Gasteiger partial charge in [-0.1, -0.05) is 40.2 Å². The van der Waals surface area contributed by atoms with Gasteiger partial charge in [-0.05, 0) is 35.4 Å². The van der Waals surface area contributed by atoms with Crippen LogP contribution in [0.1, 0.15) is 11.1 Å². The third-order valence-corrected chi connectivity index (χ3v) is 4.98. The number of ether oxygens (including phenoxy) is 1. The number of benzene rings is 2. The number of methoxy groups -OCH3 is 1. The van der Waals surface area contributed by atoms with Crippen LogP contribution in [0, 0.1) is 0 Å². The lowest BCUT2D eigenvalue weighted by atomic mass is 10.1. The van der Waals surface area contributed by atoms with E-state index in [1.165, 1.54) is 11.1 Å². The third kappa shape index (κ3) is 8.23. The number of nitrogens with zero attached hydrogens (tertiary/aromatic N) is 2. The monoisotopic (exact) mass is 464 g/mol. The number of aliphatic carboxylic acids is 2. The molecule has 29 heavy (non-hydrogen) atoms. The largest absolute Gasteiger partial charge is 0.497 e. The Morgan fingerprint density at radius 2 is 1.38 bits per heavy atom. The van der Waals surface area contributed by atoms with Gasteiger partial charge in [-0.3, -0.25) is 9.80 Å². The number of hydrogen-bond acceptors (Lipinski definition) is 5. The van der Waals surface area contributed by atoms with Crippen molar-refractivity contribution in [1.29, 1.82) is 0 Å². The minimum absolute atomic E-state index is 0.941. The number of hydrogen-bond donors (Lipinski definition) is 2. The summed E-state index contributed by atoms with van der Waals surface area (Å²) < 4.78 is 6.47. The molecule has 1 heterocycles. The van der Waals surface area contributed by atoms with E-state index in [4.69, 9.17) is 24.5 Å². The van der Waals surface area contributed by atoms with Crippen molar-refractivity contribution in [2.75, 3.05) is 33.3 Å². The molecule has 3 rings (SSSR count). The zero-order valence-electron chi connectivity index (χ0n) is 16.3. The van der Waals surface area contributed by atoms with Crippen molar-refractivity contribution in [1.82, 2.24) is 9.80 Å². The second-order valence-corrected chi connectivity index (χ2v) is 7.56. The van der Waals surface area contributed by atoms with Gasteiger partial charge < -0.3 is 14.9 Å². The van der Waals surface area contributed by atoms with Crippen LogP contribution >= 0.6 is 15.9 Å². The van der Waals surface area contributed by atoms with Crippen LogP contribution in [-0.2, 0) is 22.7 Å². The topological polar surface area (TPSA) is 90.3 Å². The molecule has 1 aliphatic heterocycles. The van der Waals surface area contributed by atoms with Crippen molar-refractivity contribution in [2.24, 2.45) is 0 Å². The lowest BCUT2D eigenvalue weighted by molar-refractivity contribution is -0.159. The van der Waals surface area contributed by atoms with Gasteiger partial charge in [-0.2, -0.15) is 0 Å². The predicted octanol–water partition coefficient (Wildman–Crippen LogP) is 2.93. The van der Waals surface area contributed by atoms with E-state index in [0.29, 0.717) is 0 Å². The average molecular weight is 465 g/mol. The number of carboxylic acids is 2. The minimum Gasteiger partial charge on any atom is -0.497 e. The quantitative estimate of drug-likeness (QED) is 0.657. The Morgan fingerprint density at radius 3 is 1.83 bits per heavy atom. The van der Waals surface area contributed by atoms with Crippen LogP contribution in [0.15, 0.2) is 53.0 Å². The van der Waals surface area contributed by atoms with Crippen molar-refractivity contribution < 1.29 is 24.5 Å². The molecular formula is C21H25BrN2O5. The fourth-order valence-electron chi connectivity index (χ4n) is 3.03. The molecule has 0 saturated carbocycles. The summed E-state index contributed by atoms with van der Waals surface area (Å²) in [6.45, 7) is 6.51. The molecule has 0 aliphatic carbocycles. The standard InChI is InChI=1S/C19H23BrN2O.C2H2O4/c1-23-19-7-3-5-17(13-19)15-22-10-8-21(9-11-22)14-16-4-2-6-18(20)12-16;3-1(4)2(5)6/h2-7,12-13H,8-11,14-15H2,1H3;(H,3,4)(H,5,6). The summed E-state index contributed by atoms with van der Waals surface area (Å²) in [7, 11) is 1.72. The number of halogens is 1. The predicted molar refractivity (Wildman–Crippen MR) is 113 cm³/mol. The Bertz CT molecular complexity index is 810. The summed E-state index contributed by atoms with van der Waals surface area (Å²) in [5, 5.41) is 14.8. The van der Waals surface area contributed by atoms with Gasteiger partial charge in [-0.15, -0.1) is 0 Å². The van der Waals surface area contributed by atoms with Crippen LogP contribution < -0.4 is 4.74 Å². The second kappa shape index (κ2) is 11.5. The van der Waals surface area contributed by atoms with E-state index in [0.717, 1.165) is 49.5 Å². The van der Waals surface area contributed by atoms with Gasteiger partial charge in [0.25, 0.3) is 0 Å². The summed E-state index contributed by atoms with van der Waals surface area (Å²) >= 11 is 3.55. The molecule has 1 fully saturated rings. The molecule has 0 bridgehead atoms. The molecule has 0 spiro atoms. The molecule has 1 aliphatic rings. The Hall–Kier alpha value is -2.42. The zero-order valence-corrected chi connectivity index (χ0v) is 17.8. The van der Waals surface area contributed by atoms with Gasteiger partial charge in [0.2, 0.25) is 0 Å². The molecule has 1 saturated heterocycles. The zero-order chi connectivity index (χ0) is 21.2. The number of carbonyl (C=O) groups is 2. The number of rotatable bonds is 5. The van der Waals surface area contributed by atoms with Crippen LogP contribution in [0.5, 0.6) is 5.75 Å². The van der Waals surface area contributed by atoms with Gasteiger partial charge in [0, 0.05) is 43.7 Å². The molecule has 2 aromatic carbocycles. The maximum Gasteiger partial charge on any atom is 0.414 e. The molecule has 2 N–H and O–H groups in total. The van der Waals surface area contributed by atoms with Crippen molar-refractivity contribution in [3.8, 4) is 5.75 Å². The highest BCUT2D eigenvalue weighted by Crippen LogP contribution is 2.17. The maximum absolute atomic E-state index is 9.10. The third-order valence-electron chi connectivity index (χ3n) is 4.48. The van der Waals surface area contributed by atoms with E-state index in [1.54, 1.807) is 7.11 Å². The summed E-state index contributed by atoms with van der Waals surface area (Å²) in [6.07, 6.45) is 0. The normalized spacial score (nSPS) is 14.6. The molecule has 0 unspecified atom stereocenters. The summed E-state index contributed by atoms with van der Waals surface area (Å²) in [5.74, 6) is -2.71. The fraction of sp³-hybridized carbons (Fsp3) is 0.333. The SMILES string of the molecule is COc1cccc(CN2CCN(Cc3cccc(Br)c3)CC2)c1.O=C(O)C(=O)O. The highest BCUT2D eigenvalue weighted by atomic mass is 79.9. The van der Waals surface area contributed by atoms with Crippen LogP contribution in [0.3, 0.4) is 0 Å². The smallest absolute Gasteiger partial charge is 0.414 e. The maximum atomic E-state index is 9.10. The summed E-state index contributed by atoms with van der Waals surface area (Å²) in [4.78, 5) is 23.3. The molecule has 0 radical (unpaired) electrons. The first-order valence-corrected chi connectivity index (χ1v) is 9.95. The minimum atomic E-state index is -1.82. The van der Waals surface area contributed by atoms with E-state index < -0.39 is 11.9 Å². The van der Waals surface area contributed by atoms with E-state index in [2.05, 4.69) is 68.2 Å². The van der Waals surface area contributed by atoms with Gasteiger partial charge in [0.1, 0.15) is 5.75 Å². The van der Waals surface area contributed by atoms with E-state index in [1.807, 2.05) is 6.07 Å². The van der Waals surface area contributed by atoms with Gasteiger partial charge >= 0.3 is 11.9 Å². The highest BCUT2D eigenvalue weighted by Gasteiger charge is 2.17. The van der Waals surface area contributed by atoms with Crippen LogP contribution in [0.4, 0.5) is 0 Å². The lowest BCUT2D eigenvalue weighted by Crippen LogP contribution is -2.45. The van der Waals surface area contributed by atoms with Crippen molar-refractivity contribution in [3.63, 3.8) is 0 Å². The fourth-order valence-corrected chi connectivity index (χ4v) is 3.47. The molecule has 8 heteroatoms.